The van der Waals surface area contributed by atoms with Gasteiger partial charge in [0.05, 0.1) is 5.92 Å². The molecular weight excluding hydrogens is 228 g/mol. The molecule has 0 aromatic carbocycles. The van der Waals surface area contributed by atoms with E-state index in [-0.39, 0.29) is 18.0 Å². The third kappa shape index (κ3) is 2.61. The second-order valence-electron chi connectivity index (χ2n) is 4.28. The van der Waals surface area contributed by atoms with Crippen LogP contribution in [-0.2, 0) is 4.79 Å². The number of thioether (sulfide) groups is 1. The highest BCUT2D eigenvalue weighted by Gasteiger charge is 2.31. The van der Waals surface area contributed by atoms with Gasteiger partial charge in [-0.3, -0.25) is 4.79 Å². The second-order valence-corrected chi connectivity index (χ2v) is 5.43. The highest BCUT2D eigenvalue weighted by atomic mass is 32.2. The van der Waals surface area contributed by atoms with E-state index < -0.39 is 5.97 Å². The van der Waals surface area contributed by atoms with Crippen LogP contribution in [0.3, 0.4) is 0 Å². The van der Waals surface area contributed by atoms with Crippen LogP contribution < -0.4 is 5.32 Å². The van der Waals surface area contributed by atoms with E-state index in [4.69, 9.17) is 5.11 Å². The molecular formula is C10H16N2O3S. The summed E-state index contributed by atoms with van der Waals surface area (Å²) in [4.78, 5) is 24.1. The largest absolute Gasteiger partial charge is 0.481 e. The van der Waals surface area contributed by atoms with Crippen molar-refractivity contribution in [3.8, 4) is 0 Å². The van der Waals surface area contributed by atoms with Crippen LogP contribution in [0.25, 0.3) is 0 Å². The highest BCUT2D eigenvalue weighted by Crippen LogP contribution is 2.19. The Morgan fingerprint density at radius 1 is 1.38 bits per heavy atom. The van der Waals surface area contributed by atoms with Crippen molar-refractivity contribution in [3.63, 3.8) is 0 Å². The Labute approximate surface area is 98.6 Å². The Morgan fingerprint density at radius 3 is 2.75 bits per heavy atom. The number of hydrogen-bond acceptors (Lipinski definition) is 3. The minimum Gasteiger partial charge on any atom is -0.481 e. The number of urea groups is 1. The smallest absolute Gasteiger partial charge is 0.317 e. The average molecular weight is 244 g/mol. The molecule has 2 rings (SSSR count). The Hall–Kier alpha value is -0.910. The lowest BCUT2D eigenvalue weighted by atomic mass is 10.1. The molecule has 0 aromatic heterocycles. The molecule has 90 valence electrons. The number of likely N-dealkylation sites (tertiary alicyclic amines) is 1. The fourth-order valence-corrected chi connectivity index (χ4v) is 3.21. The van der Waals surface area contributed by atoms with Gasteiger partial charge in [-0.25, -0.2) is 4.79 Å². The standard InChI is InChI=1S/C10H16N2O3S/c13-9(14)7-1-3-12(5-7)10(15)11-8-2-4-16-6-8/h7-8H,1-6H2,(H,11,15)(H,13,14). The Balaban J connectivity index is 1.79. The van der Waals surface area contributed by atoms with Crippen molar-refractivity contribution in [2.24, 2.45) is 5.92 Å². The molecule has 0 saturated carbocycles. The summed E-state index contributed by atoms with van der Waals surface area (Å²) in [6.07, 6.45) is 1.59. The maximum absolute atomic E-state index is 11.8. The van der Waals surface area contributed by atoms with E-state index in [9.17, 15) is 9.59 Å². The van der Waals surface area contributed by atoms with E-state index in [1.165, 1.54) is 0 Å². The minimum atomic E-state index is -0.799. The molecule has 0 spiro atoms. The van der Waals surface area contributed by atoms with Crippen molar-refractivity contribution in [1.29, 1.82) is 0 Å². The van der Waals surface area contributed by atoms with Crippen LogP contribution in [0.1, 0.15) is 12.8 Å². The van der Waals surface area contributed by atoms with Gasteiger partial charge in [0.2, 0.25) is 0 Å². The van der Waals surface area contributed by atoms with Crippen molar-refractivity contribution in [1.82, 2.24) is 10.2 Å². The van der Waals surface area contributed by atoms with Gasteiger partial charge in [-0.05, 0) is 18.6 Å². The molecule has 0 radical (unpaired) electrons. The van der Waals surface area contributed by atoms with Crippen LogP contribution in [0.4, 0.5) is 4.79 Å². The third-order valence-electron chi connectivity index (χ3n) is 3.08. The van der Waals surface area contributed by atoms with Crippen molar-refractivity contribution in [2.75, 3.05) is 24.6 Å². The summed E-state index contributed by atoms with van der Waals surface area (Å²) in [6, 6.07) is 0.164. The molecule has 2 atom stereocenters. The van der Waals surface area contributed by atoms with Gasteiger partial charge >= 0.3 is 12.0 Å². The number of aliphatic carboxylic acids is 1. The molecule has 5 nitrogen and oxygen atoms in total. The van der Waals surface area contributed by atoms with Gasteiger partial charge < -0.3 is 15.3 Å². The van der Waals surface area contributed by atoms with Gasteiger partial charge in [-0.15, -0.1) is 0 Å². The van der Waals surface area contributed by atoms with E-state index in [1.54, 1.807) is 4.90 Å². The predicted molar refractivity (Wildman–Crippen MR) is 61.6 cm³/mol. The van der Waals surface area contributed by atoms with Crippen molar-refractivity contribution >= 4 is 23.8 Å². The number of amides is 2. The summed E-state index contributed by atoms with van der Waals surface area (Å²) in [5.41, 5.74) is 0. The van der Waals surface area contributed by atoms with Crippen LogP contribution in [0.15, 0.2) is 0 Å². The topological polar surface area (TPSA) is 69.6 Å². The average Bonchev–Trinajstić information content (AvgIpc) is 2.86. The number of hydrogen-bond donors (Lipinski definition) is 2. The molecule has 2 unspecified atom stereocenters. The Morgan fingerprint density at radius 2 is 2.19 bits per heavy atom. The van der Waals surface area contributed by atoms with Crippen molar-refractivity contribution in [3.05, 3.63) is 0 Å². The fraction of sp³-hybridized carbons (Fsp3) is 0.800. The fourth-order valence-electron chi connectivity index (χ4n) is 2.06. The monoisotopic (exact) mass is 244 g/mol. The summed E-state index contributed by atoms with van der Waals surface area (Å²) < 4.78 is 0. The first-order chi connectivity index (χ1) is 7.66. The van der Waals surface area contributed by atoms with Gasteiger partial charge in [0.1, 0.15) is 0 Å². The number of carbonyl (C=O) groups is 2. The molecule has 0 aromatic rings. The van der Waals surface area contributed by atoms with Crippen LogP contribution in [0, 0.1) is 5.92 Å². The molecule has 2 fully saturated rings. The zero-order chi connectivity index (χ0) is 11.5. The molecule has 6 heteroatoms. The molecule has 0 aliphatic carbocycles. The number of rotatable bonds is 2. The molecule has 0 bridgehead atoms. The van der Waals surface area contributed by atoms with E-state index >= 15 is 0 Å². The molecule has 2 aliphatic heterocycles. The van der Waals surface area contributed by atoms with E-state index in [2.05, 4.69) is 5.32 Å². The Bertz CT molecular complexity index is 292. The number of nitrogens with zero attached hydrogens (tertiary/aromatic N) is 1. The molecule has 16 heavy (non-hydrogen) atoms. The van der Waals surface area contributed by atoms with Gasteiger partial charge in [0.15, 0.2) is 0 Å². The molecule has 2 N–H and O–H groups in total. The first-order valence-corrected chi connectivity index (χ1v) is 6.68. The number of nitrogens with one attached hydrogen (secondary N) is 1. The zero-order valence-corrected chi connectivity index (χ0v) is 9.83. The van der Waals surface area contributed by atoms with E-state index in [1.807, 2.05) is 11.8 Å². The van der Waals surface area contributed by atoms with E-state index in [0.29, 0.717) is 19.5 Å². The Kier molecular flexibility index (Phi) is 3.58. The molecule has 2 saturated heterocycles. The van der Waals surface area contributed by atoms with Gasteiger partial charge in [0, 0.05) is 24.9 Å². The highest BCUT2D eigenvalue weighted by molar-refractivity contribution is 7.99. The predicted octanol–water partition coefficient (Wildman–Crippen LogP) is 0.608. The lowest BCUT2D eigenvalue weighted by Crippen LogP contribution is -2.44. The van der Waals surface area contributed by atoms with Gasteiger partial charge in [-0.1, -0.05) is 0 Å². The SMILES string of the molecule is O=C(O)C1CCN(C(=O)NC2CCSC2)C1. The lowest BCUT2D eigenvalue weighted by molar-refractivity contribution is -0.141. The van der Waals surface area contributed by atoms with Gasteiger partial charge in [-0.2, -0.15) is 11.8 Å². The van der Waals surface area contributed by atoms with Gasteiger partial charge in [0.25, 0.3) is 0 Å². The summed E-state index contributed by atoms with van der Waals surface area (Å²) in [5, 5.41) is 11.8. The summed E-state index contributed by atoms with van der Waals surface area (Å²) >= 11 is 1.84. The lowest BCUT2D eigenvalue weighted by Gasteiger charge is -2.19. The van der Waals surface area contributed by atoms with Crippen molar-refractivity contribution in [2.45, 2.75) is 18.9 Å². The molecule has 2 heterocycles. The summed E-state index contributed by atoms with van der Waals surface area (Å²) in [6.45, 7) is 0.906. The third-order valence-corrected chi connectivity index (χ3v) is 4.24. The normalized spacial score (nSPS) is 29.4. The molecule has 2 aliphatic rings. The first-order valence-electron chi connectivity index (χ1n) is 5.53. The number of carbonyl (C=O) groups excluding carboxylic acids is 1. The maximum Gasteiger partial charge on any atom is 0.317 e. The summed E-state index contributed by atoms with van der Waals surface area (Å²) in [5.74, 6) is 0.889. The first kappa shape index (κ1) is 11.6. The zero-order valence-electron chi connectivity index (χ0n) is 9.02. The summed E-state index contributed by atoms with van der Waals surface area (Å²) in [7, 11) is 0. The number of carboxylic acid groups (broad SMARTS) is 1. The minimum absolute atomic E-state index is 0.101. The maximum atomic E-state index is 11.8. The second kappa shape index (κ2) is 4.95. The van der Waals surface area contributed by atoms with Crippen LogP contribution >= 0.6 is 11.8 Å². The van der Waals surface area contributed by atoms with Crippen LogP contribution in [-0.4, -0.2) is 52.6 Å². The van der Waals surface area contributed by atoms with Crippen LogP contribution in [0.5, 0.6) is 0 Å². The molecule has 2 amide bonds. The van der Waals surface area contributed by atoms with Crippen LogP contribution in [0.2, 0.25) is 0 Å². The van der Waals surface area contributed by atoms with Crippen molar-refractivity contribution < 1.29 is 14.7 Å². The quantitative estimate of drug-likeness (QED) is 0.746. The number of carboxylic acids is 1. The van der Waals surface area contributed by atoms with E-state index in [0.717, 1.165) is 17.9 Å².